The Balaban J connectivity index is 1.45. The number of esters is 1. The maximum absolute atomic E-state index is 12.9. The summed E-state index contributed by atoms with van der Waals surface area (Å²) in [6.07, 6.45) is 4.21. The predicted octanol–water partition coefficient (Wildman–Crippen LogP) is 5.91. The van der Waals surface area contributed by atoms with Crippen molar-refractivity contribution in [1.29, 1.82) is 0 Å². The fraction of sp³-hybridized carbons (Fsp3) is 0.360. The number of rotatable bonds is 9. The lowest BCUT2D eigenvalue weighted by atomic mass is 9.95. The SMILES string of the molecule is CCC(C)OC(=O)c1c(NC(=O)c2ccc(COc3ccc([N+](=O)[O-])cc3)o2)sc2c1CCCC2. The summed E-state index contributed by atoms with van der Waals surface area (Å²) in [6, 6.07) is 8.84. The van der Waals surface area contributed by atoms with Crippen molar-refractivity contribution >= 4 is 33.9 Å². The van der Waals surface area contributed by atoms with Crippen LogP contribution >= 0.6 is 11.3 Å². The van der Waals surface area contributed by atoms with Crippen LogP contribution in [0.5, 0.6) is 5.75 Å². The Bertz CT molecular complexity index is 1230. The van der Waals surface area contributed by atoms with E-state index in [1.807, 2.05) is 13.8 Å². The number of carbonyl (C=O) groups is 2. The molecule has 0 spiro atoms. The first-order valence-corrected chi connectivity index (χ1v) is 12.3. The molecule has 2 aromatic heterocycles. The Morgan fingerprint density at radius 1 is 1.17 bits per heavy atom. The maximum Gasteiger partial charge on any atom is 0.341 e. The molecule has 10 heteroatoms. The van der Waals surface area contributed by atoms with Gasteiger partial charge in [0.1, 0.15) is 23.1 Å². The smallest absolute Gasteiger partial charge is 0.341 e. The average molecular weight is 499 g/mol. The summed E-state index contributed by atoms with van der Waals surface area (Å²) in [6.45, 7) is 3.84. The third-order valence-corrected chi connectivity index (χ3v) is 7.01. The van der Waals surface area contributed by atoms with E-state index in [2.05, 4.69) is 5.32 Å². The van der Waals surface area contributed by atoms with Crippen molar-refractivity contribution in [2.45, 2.75) is 58.7 Å². The van der Waals surface area contributed by atoms with Crippen LogP contribution in [0, 0.1) is 10.1 Å². The first-order chi connectivity index (χ1) is 16.9. The van der Waals surface area contributed by atoms with Crippen molar-refractivity contribution in [3.8, 4) is 5.75 Å². The number of nitrogens with one attached hydrogen (secondary N) is 1. The fourth-order valence-electron chi connectivity index (χ4n) is 3.76. The van der Waals surface area contributed by atoms with Gasteiger partial charge in [0.15, 0.2) is 5.76 Å². The molecule has 0 saturated carbocycles. The second-order valence-corrected chi connectivity index (χ2v) is 9.40. The van der Waals surface area contributed by atoms with Crippen molar-refractivity contribution in [1.82, 2.24) is 0 Å². The topological polar surface area (TPSA) is 121 Å². The zero-order valence-electron chi connectivity index (χ0n) is 19.5. The average Bonchev–Trinajstić information content (AvgIpc) is 3.47. The molecule has 1 unspecified atom stereocenters. The van der Waals surface area contributed by atoms with Crippen LogP contribution in [0.4, 0.5) is 10.7 Å². The summed E-state index contributed by atoms with van der Waals surface area (Å²) < 4.78 is 16.8. The van der Waals surface area contributed by atoms with Crippen molar-refractivity contribution in [2.24, 2.45) is 0 Å². The Labute approximate surface area is 206 Å². The highest BCUT2D eigenvalue weighted by molar-refractivity contribution is 7.17. The number of ether oxygens (including phenoxy) is 2. The van der Waals surface area contributed by atoms with E-state index < -0.39 is 16.8 Å². The number of nitro benzene ring substituents is 1. The van der Waals surface area contributed by atoms with E-state index in [1.54, 1.807) is 6.07 Å². The molecular weight excluding hydrogens is 472 g/mol. The Hall–Kier alpha value is -3.66. The summed E-state index contributed by atoms with van der Waals surface area (Å²) in [7, 11) is 0. The van der Waals surface area contributed by atoms with Crippen molar-refractivity contribution in [2.75, 3.05) is 5.32 Å². The van der Waals surface area contributed by atoms with Gasteiger partial charge in [-0.15, -0.1) is 11.3 Å². The van der Waals surface area contributed by atoms with Gasteiger partial charge in [0, 0.05) is 17.0 Å². The van der Waals surface area contributed by atoms with E-state index in [9.17, 15) is 19.7 Å². The quantitative estimate of drug-likeness (QED) is 0.221. The maximum atomic E-state index is 12.9. The number of fused-ring (bicyclic) bond motifs is 1. The molecule has 0 radical (unpaired) electrons. The number of benzene rings is 1. The molecule has 1 aliphatic carbocycles. The van der Waals surface area contributed by atoms with Crippen LogP contribution in [0.1, 0.15) is 70.2 Å². The monoisotopic (exact) mass is 498 g/mol. The molecule has 3 aromatic rings. The molecule has 1 amide bonds. The summed E-state index contributed by atoms with van der Waals surface area (Å²) in [5, 5.41) is 14.1. The van der Waals surface area contributed by atoms with E-state index in [4.69, 9.17) is 13.9 Å². The molecule has 2 heterocycles. The molecule has 9 nitrogen and oxygen atoms in total. The molecule has 0 saturated heterocycles. The van der Waals surface area contributed by atoms with Crippen molar-refractivity contribution in [3.63, 3.8) is 0 Å². The lowest BCUT2D eigenvalue weighted by Gasteiger charge is -2.15. The predicted molar refractivity (Wildman–Crippen MR) is 130 cm³/mol. The number of aryl methyl sites for hydroxylation is 1. The Morgan fingerprint density at radius 2 is 1.91 bits per heavy atom. The van der Waals surface area contributed by atoms with Crippen LogP contribution in [0.15, 0.2) is 40.8 Å². The van der Waals surface area contributed by atoms with E-state index in [-0.39, 0.29) is 24.2 Å². The number of nitrogens with zero attached hydrogens (tertiary/aromatic N) is 1. The van der Waals surface area contributed by atoms with Crippen LogP contribution < -0.4 is 10.1 Å². The normalized spacial score (nSPS) is 13.5. The van der Waals surface area contributed by atoms with Crippen LogP contribution in [0.3, 0.4) is 0 Å². The standard InChI is InChI=1S/C25H26N2O7S/c1-3-15(2)33-25(29)22-19-6-4-5-7-21(19)35-24(22)26-23(28)20-13-12-18(34-20)14-32-17-10-8-16(9-11-17)27(30)31/h8-13,15H,3-7,14H2,1-2H3,(H,26,28). The molecule has 4 rings (SSSR count). The van der Waals surface area contributed by atoms with Gasteiger partial charge in [0.2, 0.25) is 0 Å². The second-order valence-electron chi connectivity index (χ2n) is 8.30. The van der Waals surface area contributed by atoms with Crippen molar-refractivity contribution in [3.05, 3.63) is 74.0 Å². The first-order valence-electron chi connectivity index (χ1n) is 11.5. The summed E-state index contributed by atoms with van der Waals surface area (Å²) in [5.74, 6) is 0.0513. The molecule has 35 heavy (non-hydrogen) atoms. The largest absolute Gasteiger partial charge is 0.486 e. The van der Waals surface area contributed by atoms with Gasteiger partial charge in [0.25, 0.3) is 11.6 Å². The molecule has 1 atom stereocenters. The van der Waals surface area contributed by atoms with E-state index in [1.165, 1.54) is 41.7 Å². The zero-order valence-corrected chi connectivity index (χ0v) is 20.3. The van der Waals surface area contributed by atoms with Gasteiger partial charge in [0.05, 0.1) is 16.6 Å². The van der Waals surface area contributed by atoms with Crippen LogP contribution in [0.2, 0.25) is 0 Å². The zero-order chi connectivity index (χ0) is 24.9. The van der Waals surface area contributed by atoms with E-state index in [0.717, 1.165) is 36.1 Å². The lowest BCUT2D eigenvalue weighted by Crippen LogP contribution is -2.18. The third kappa shape index (κ3) is 5.71. The number of nitro groups is 1. The minimum atomic E-state index is -0.485. The second kappa shape index (κ2) is 10.7. The van der Waals surface area contributed by atoms with Gasteiger partial charge < -0.3 is 19.2 Å². The lowest BCUT2D eigenvalue weighted by molar-refractivity contribution is -0.384. The molecular formula is C25H26N2O7S. The number of hydrogen-bond acceptors (Lipinski definition) is 8. The minimum absolute atomic E-state index is 0.0306. The van der Waals surface area contributed by atoms with Crippen LogP contribution in [-0.4, -0.2) is 22.9 Å². The Morgan fingerprint density at radius 3 is 2.63 bits per heavy atom. The summed E-state index contributed by atoms with van der Waals surface area (Å²) in [5.41, 5.74) is 1.39. The molecule has 1 aliphatic rings. The summed E-state index contributed by atoms with van der Waals surface area (Å²) in [4.78, 5) is 37.2. The molecule has 1 aromatic carbocycles. The van der Waals surface area contributed by atoms with Crippen molar-refractivity contribution < 1.29 is 28.4 Å². The van der Waals surface area contributed by atoms with Crippen LogP contribution in [0.25, 0.3) is 0 Å². The Kier molecular flexibility index (Phi) is 7.50. The number of carbonyl (C=O) groups excluding carboxylic acids is 2. The van der Waals surface area contributed by atoms with Gasteiger partial charge in [-0.3, -0.25) is 14.9 Å². The number of non-ortho nitro benzene ring substituents is 1. The van der Waals surface area contributed by atoms with Gasteiger partial charge in [-0.2, -0.15) is 0 Å². The molecule has 0 bridgehead atoms. The van der Waals surface area contributed by atoms with E-state index in [0.29, 0.717) is 28.5 Å². The molecule has 184 valence electrons. The highest BCUT2D eigenvalue weighted by Crippen LogP contribution is 2.39. The van der Waals surface area contributed by atoms with Crippen LogP contribution in [-0.2, 0) is 24.2 Å². The number of hydrogen-bond donors (Lipinski definition) is 1. The third-order valence-electron chi connectivity index (χ3n) is 5.80. The van der Waals surface area contributed by atoms with E-state index >= 15 is 0 Å². The van der Waals surface area contributed by atoms with Gasteiger partial charge in [-0.25, -0.2) is 4.79 Å². The van der Waals surface area contributed by atoms with Gasteiger partial charge in [-0.05, 0) is 68.9 Å². The number of anilines is 1. The highest BCUT2D eigenvalue weighted by atomic mass is 32.1. The number of thiophene rings is 1. The molecule has 0 aliphatic heterocycles. The molecule has 1 N–H and O–H groups in total. The molecule has 0 fully saturated rings. The fourth-order valence-corrected chi connectivity index (χ4v) is 5.03. The van der Waals surface area contributed by atoms with Gasteiger partial charge >= 0.3 is 5.97 Å². The number of amides is 1. The highest BCUT2D eigenvalue weighted by Gasteiger charge is 2.28. The first kappa shape index (κ1) is 24.5. The van der Waals surface area contributed by atoms with Gasteiger partial charge in [-0.1, -0.05) is 6.92 Å². The number of furan rings is 1. The minimum Gasteiger partial charge on any atom is -0.486 e. The summed E-state index contributed by atoms with van der Waals surface area (Å²) >= 11 is 1.42.